The minimum atomic E-state index is 0. The molecule has 140 valence electrons. The van der Waals surface area contributed by atoms with E-state index in [-0.39, 0.29) is 9.41 Å². The summed E-state index contributed by atoms with van der Waals surface area (Å²) in [5.41, 5.74) is 0. The molecule has 0 aromatic heterocycles. The van der Waals surface area contributed by atoms with Gasteiger partial charge in [-0.15, -0.1) is 0 Å². The van der Waals surface area contributed by atoms with E-state index >= 15 is 0 Å². The van der Waals surface area contributed by atoms with Gasteiger partial charge in [-0.25, -0.2) is 0 Å². The van der Waals surface area contributed by atoms with E-state index in [4.69, 9.17) is 0 Å². The van der Waals surface area contributed by atoms with E-state index in [9.17, 15) is 0 Å². The van der Waals surface area contributed by atoms with Crippen LogP contribution in [0, 0.1) is 17.8 Å². The number of benzene rings is 1. The molecule has 3 rings (SSSR count). The smallest absolute Gasteiger partial charge is 0.0414 e. The van der Waals surface area contributed by atoms with Gasteiger partial charge in [0, 0.05) is 0 Å². The van der Waals surface area contributed by atoms with Crippen molar-refractivity contribution in [3.05, 3.63) is 36.4 Å². The minimum absolute atomic E-state index is 0. The zero-order valence-electron chi connectivity index (χ0n) is 15.5. The molecule has 0 heterocycles. The molecular weight excluding hydrogens is 302 g/mol. The van der Waals surface area contributed by atoms with Crippen molar-refractivity contribution in [3.8, 4) is 0 Å². The Morgan fingerprint density at radius 1 is 0.542 bits per heavy atom. The molecule has 2 heteroatoms. The van der Waals surface area contributed by atoms with Crippen molar-refractivity contribution in [1.29, 1.82) is 0 Å². The van der Waals surface area contributed by atoms with Crippen molar-refractivity contribution in [2.45, 2.75) is 84.0 Å². The molecule has 0 spiro atoms. The summed E-state index contributed by atoms with van der Waals surface area (Å²) < 4.78 is 0. The first-order chi connectivity index (χ1) is 10.9. The third-order valence-corrected chi connectivity index (χ3v) is 5.92. The predicted octanol–water partition coefficient (Wildman–Crippen LogP) is 7.55. The first kappa shape index (κ1) is 23.1. The molecule has 0 nitrogen and oxygen atoms in total. The minimum Gasteiger partial charge on any atom is -0.269 e. The highest BCUT2D eigenvalue weighted by Crippen LogP contribution is 2.35. The molecule has 1 aromatic rings. The van der Waals surface area contributed by atoms with Crippen LogP contribution in [0.25, 0.3) is 0 Å². The van der Waals surface area contributed by atoms with E-state index in [0.29, 0.717) is 0 Å². The summed E-state index contributed by atoms with van der Waals surface area (Å²) >= 11 is 0. The fraction of sp³-hybridized carbons (Fsp3) is 0.727. The Morgan fingerprint density at radius 2 is 0.917 bits per heavy atom. The first-order valence-corrected chi connectivity index (χ1v) is 9.88. The Kier molecular flexibility index (Phi) is 13.9. The lowest BCUT2D eigenvalue weighted by Crippen LogP contribution is -2.15. The molecule has 2 fully saturated rings. The number of rotatable bonds is 4. The van der Waals surface area contributed by atoms with Crippen LogP contribution in [-0.4, -0.2) is 0 Å². The summed E-state index contributed by atoms with van der Waals surface area (Å²) in [5.74, 6) is 3.29. The van der Waals surface area contributed by atoms with Gasteiger partial charge in [0.05, 0.1) is 0 Å². The zero-order valence-corrected chi connectivity index (χ0v) is 15.5. The molecule has 0 bridgehead atoms. The van der Waals surface area contributed by atoms with Crippen LogP contribution in [0.15, 0.2) is 36.4 Å². The third kappa shape index (κ3) is 9.39. The van der Waals surface area contributed by atoms with Gasteiger partial charge in [-0.3, -0.25) is 9.41 Å². The van der Waals surface area contributed by atoms with Gasteiger partial charge in [0.1, 0.15) is 0 Å². The highest BCUT2D eigenvalue weighted by atomic mass is 19.0. The summed E-state index contributed by atoms with van der Waals surface area (Å²) in [6, 6.07) is 12.0. The van der Waals surface area contributed by atoms with E-state index < -0.39 is 0 Å². The summed E-state index contributed by atoms with van der Waals surface area (Å²) in [6.45, 7) is 2.37. The molecule has 0 saturated heterocycles. The second-order valence-electron chi connectivity index (χ2n) is 7.53. The van der Waals surface area contributed by atoms with Crippen LogP contribution in [0.5, 0.6) is 0 Å². The molecule has 1 aromatic carbocycles. The fourth-order valence-electron chi connectivity index (χ4n) is 4.26. The molecule has 0 N–H and O–H groups in total. The molecular formula is C22H38F2. The normalized spacial score (nSPS) is 23.9. The van der Waals surface area contributed by atoms with Crippen LogP contribution in [0.3, 0.4) is 0 Å². The monoisotopic (exact) mass is 340 g/mol. The van der Waals surface area contributed by atoms with E-state index in [1.54, 1.807) is 38.5 Å². The Hall–Kier alpha value is -0.920. The second kappa shape index (κ2) is 14.4. The van der Waals surface area contributed by atoms with Gasteiger partial charge in [0.2, 0.25) is 0 Å². The lowest BCUT2D eigenvalue weighted by atomic mass is 9.76. The van der Waals surface area contributed by atoms with Crippen LogP contribution in [0.4, 0.5) is 9.41 Å². The van der Waals surface area contributed by atoms with Crippen LogP contribution in [0.2, 0.25) is 0 Å². The third-order valence-electron chi connectivity index (χ3n) is 5.92. The molecule has 2 aliphatic rings. The van der Waals surface area contributed by atoms with Crippen molar-refractivity contribution >= 4 is 0 Å². The average Bonchev–Trinajstić information content (AvgIpc) is 2.63. The largest absolute Gasteiger partial charge is 0.269 e. The quantitative estimate of drug-likeness (QED) is 0.530. The van der Waals surface area contributed by atoms with Crippen molar-refractivity contribution in [3.63, 3.8) is 0 Å². The van der Waals surface area contributed by atoms with E-state index in [0.717, 1.165) is 17.8 Å². The first-order valence-electron chi connectivity index (χ1n) is 9.88. The maximum atomic E-state index is 2.37. The van der Waals surface area contributed by atoms with Crippen molar-refractivity contribution < 1.29 is 9.41 Å². The molecule has 0 radical (unpaired) electrons. The standard InChI is InChI=1S/C16H30.C6H6.2FH/c1-2-14-8-10-16(11-9-14)13-12-15-6-4-3-5-7-15;1-2-4-6-5-3-1;;/h14-16H,2-13H2,1H3;1-6H;2*1H. The van der Waals surface area contributed by atoms with E-state index in [1.165, 1.54) is 38.5 Å². The molecule has 0 amide bonds. The lowest BCUT2D eigenvalue weighted by Gasteiger charge is -2.29. The summed E-state index contributed by atoms with van der Waals surface area (Å²) in [6.07, 6.45) is 18.3. The lowest BCUT2D eigenvalue weighted by molar-refractivity contribution is 0.232. The summed E-state index contributed by atoms with van der Waals surface area (Å²) in [4.78, 5) is 0. The topological polar surface area (TPSA) is 0 Å². The van der Waals surface area contributed by atoms with Gasteiger partial charge in [-0.05, 0) is 17.8 Å². The fourth-order valence-corrected chi connectivity index (χ4v) is 4.26. The van der Waals surface area contributed by atoms with E-state index in [2.05, 4.69) is 6.92 Å². The Morgan fingerprint density at radius 3 is 1.33 bits per heavy atom. The maximum Gasteiger partial charge on any atom is -0.0414 e. The molecule has 0 aliphatic heterocycles. The predicted molar refractivity (Wildman–Crippen MR) is 103 cm³/mol. The van der Waals surface area contributed by atoms with E-state index in [1.807, 2.05) is 36.4 Å². The van der Waals surface area contributed by atoms with Crippen molar-refractivity contribution in [1.82, 2.24) is 0 Å². The average molecular weight is 341 g/mol. The van der Waals surface area contributed by atoms with Crippen LogP contribution >= 0.6 is 0 Å². The van der Waals surface area contributed by atoms with Crippen molar-refractivity contribution in [2.75, 3.05) is 0 Å². The molecule has 0 atom stereocenters. The highest BCUT2D eigenvalue weighted by Gasteiger charge is 2.21. The van der Waals surface area contributed by atoms with Gasteiger partial charge in [-0.1, -0.05) is 120 Å². The Bertz CT molecular complexity index is 325. The maximum absolute atomic E-state index is 2.37. The van der Waals surface area contributed by atoms with Gasteiger partial charge >= 0.3 is 0 Å². The molecule has 2 aliphatic carbocycles. The summed E-state index contributed by atoms with van der Waals surface area (Å²) in [7, 11) is 0. The number of hydrogen-bond acceptors (Lipinski definition) is 0. The number of halogens is 2. The molecule has 0 unspecified atom stereocenters. The summed E-state index contributed by atoms with van der Waals surface area (Å²) in [5, 5.41) is 0. The van der Waals surface area contributed by atoms with Crippen molar-refractivity contribution in [2.24, 2.45) is 17.8 Å². The Balaban J connectivity index is 0.000000565. The van der Waals surface area contributed by atoms with Crippen LogP contribution < -0.4 is 0 Å². The van der Waals surface area contributed by atoms with Crippen LogP contribution in [0.1, 0.15) is 84.0 Å². The van der Waals surface area contributed by atoms with Gasteiger partial charge in [0.15, 0.2) is 0 Å². The zero-order chi connectivity index (χ0) is 15.5. The van der Waals surface area contributed by atoms with Gasteiger partial charge in [-0.2, -0.15) is 0 Å². The molecule has 24 heavy (non-hydrogen) atoms. The van der Waals surface area contributed by atoms with Gasteiger partial charge in [0.25, 0.3) is 0 Å². The number of hydrogen-bond donors (Lipinski definition) is 0. The van der Waals surface area contributed by atoms with Gasteiger partial charge < -0.3 is 0 Å². The Labute approximate surface area is 148 Å². The molecule has 2 saturated carbocycles. The SMILES string of the molecule is CCC1CCC(CCC2CCCCC2)CC1.F.F.c1ccccc1. The van der Waals surface area contributed by atoms with Crippen LogP contribution in [-0.2, 0) is 0 Å². The highest BCUT2D eigenvalue weighted by molar-refractivity contribution is 4.99. The second-order valence-corrected chi connectivity index (χ2v) is 7.53.